The zero-order chi connectivity index (χ0) is 15.1. The topological polar surface area (TPSA) is 49.8 Å². The molecule has 4 nitrogen and oxygen atoms in total. The molecule has 0 aromatic heterocycles. The van der Waals surface area contributed by atoms with E-state index >= 15 is 0 Å². The zero-order valence-electron chi connectivity index (χ0n) is 12.8. The molecule has 0 spiro atoms. The van der Waals surface area contributed by atoms with Crippen LogP contribution < -0.4 is 4.74 Å². The van der Waals surface area contributed by atoms with Gasteiger partial charge < -0.3 is 14.7 Å². The SMILES string of the molecule is CCc1cccc(OCC(=O)N2CCCC2CCCO)c1. The van der Waals surface area contributed by atoms with Crippen molar-refractivity contribution >= 4 is 5.91 Å². The van der Waals surface area contributed by atoms with Gasteiger partial charge in [0, 0.05) is 19.2 Å². The standard InChI is InChI=1S/C17H25NO3/c1-2-14-6-3-9-16(12-14)21-13-17(20)18-10-4-7-15(18)8-5-11-19/h3,6,9,12,15,19H,2,4-5,7-8,10-11,13H2,1H3. The second-order valence-corrected chi connectivity index (χ2v) is 5.54. The van der Waals surface area contributed by atoms with Crippen LogP contribution in [-0.4, -0.2) is 41.7 Å². The normalized spacial score (nSPS) is 18.0. The van der Waals surface area contributed by atoms with E-state index in [0.717, 1.165) is 44.4 Å². The van der Waals surface area contributed by atoms with E-state index in [1.807, 2.05) is 23.1 Å². The summed E-state index contributed by atoms with van der Waals surface area (Å²) >= 11 is 0. The van der Waals surface area contributed by atoms with E-state index in [0.29, 0.717) is 0 Å². The van der Waals surface area contributed by atoms with Crippen molar-refractivity contribution in [3.63, 3.8) is 0 Å². The van der Waals surface area contributed by atoms with Crippen LogP contribution in [0.4, 0.5) is 0 Å². The van der Waals surface area contributed by atoms with Crippen LogP contribution in [0.3, 0.4) is 0 Å². The van der Waals surface area contributed by atoms with Gasteiger partial charge in [0.2, 0.25) is 0 Å². The fraction of sp³-hybridized carbons (Fsp3) is 0.588. The van der Waals surface area contributed by atoms with Gasteiger partial charge in [0.15, 0.2) is 6.61 Å². The predicted molar refractivity (Wildman–Crippen MR) is 82.4 cm³/mol. The van der Waals surface area contributed by atoms with Gasteiger partial charge in [-0.25, -0.2) is 0 Å². The highest BCUT2D eigenvalue weighted by molar-refractivity contribution is 5.78. The lowest BCUT2D eigenvalue weighted by molar-refractivity contribution is -0.134. The Hall–Kier alpha value is -1.55. The fourth-order valence-electron chi connectivity index (χ4n) is 2.87. The maximum Gasteiger partial charge on any atom is 0.260 e. The maximum absolute atomic E-state index is 12.3. The van der Waals surface area contributed by atoms with Crippen molar-refractivity contribution < 1.29 is 14.6 Å². The molecule has 0 radical (unpaired) electrons. The molecule has 1 N–H and O–H groups in total. The van der Waals surface area contributed by atoms with Crippen LogP contribution >= 0.6 is 0 Å². The molecule has 1 amide bonds. The number of aliphatic hydroxyl groups excluding tert-OH is 1. The van der Waals surface area contributed by atoms with E-state index in [2.05, 4.69) is 13.0 Å². The first-order chi connectivity index (χ1) is 10.2. The van der Waals surface area contributed by atoms with Gasteiger partial charge in [-0.2, -0.15) is 0 Å². The molecule has 0 bridgehead atoms. The number of likely N-dealkylation sites (tertiary alicyclic amines) is 1. The van der Waals surface area contributed by atoms with E-state index in [9.17, 15) is 4.79 Å². The summed E-state index contributed by atoms with van der Waals surface area (Å²) in [6.45, 7) is 3.20. The Bertz CT molecular complexity index is 461. The van der Waals surface area contributed by atoms with Crippen LogP contribution in [-0.2, 0) is 11.2 Å². The second-order valence-electron chi connectivity index (χ2n) is 5.54. The Balaban J connectivity index is 1.85. The van der Waals surface area contributed by atoms with Crippen LogP contribution in [0.15, 0.2) is 24.3 Å². The minimum Gasteiger partial charge on any atom is -0.484 e. The number of amides is 1. The third-order valence-corrected chi connectivity index (χ3v) is 4.06. The fourth-order valence-corrected chi connectivity index (χ4v) is 2.87. The zero-order valence-corrected chi connectivity index (χ0v) is 12.8. The molecule has 1 heterocycles. The highest BCUT2D eigenvalue weighted by atomic mass is 16.5. The van der Waals surface area contributed by atoms with E-state index in [4.69, 9.17) is 9.84 Å². The molecule has 0 saturated carbocycles. The number of benzene rings is 1. The van der Waals surface area contributed by atoms with Gasteiger partial charge in [0.1, 0.15) is 5.75 Å². The highest BCUT2D eigenvalue weighted by Gasteiger charge is 2.28. The van der Waals surface area contributed by atoms with E-state index in [1.165, 1.54) is 5.56 Å². The number of carbonyl (C=O) groups is 1. The summed E-state index contributed by atoms with van der Waals surface area (Å²) in [6, 6.07) is 8.16. The lowest BCUT2D eigenvalue weighted by atomic mass is 10.1. The number of hydrogen-bond donors (Lipinski definition) is 1. The number of aryl methyl sites for hydroxylation is 1. The average molecular weight is 291 g/mol. The molecule has 1 unspecified atom stereocenters. The molecule has 116 valence electrons. The summed E-state index contributed by atoms with van der Waals surface area (Å²) in [5.41, 5.74) is 1.21. The highest BCUT2D eigenvalue weighted by Crippen LogP contribution is 2.22. The van der Waals surface area contributed by atoms with Crippen LogP contribution in [0.1, 0.15) is 38.2 Å². The van der Waals surface area contributed by atoms with Crippen molar-refractivity contribution in [1.82, 2.24) is 4.90 Å². The van der Waals surface area contributed by atoms with Crippen molar-refractivity contribution in [3.05, 3.63) is 29.8 Å². The van der Waals surface area contributed by atoms with Crippen LogP contribution in [0, 0.1) is 0 Å². The van der Waals surface area contributed by atoms with Crippen molar-refractivity contribution in [2.24, 2.45) is 0 Å². The van der Waals surface area contributed by atoms with Crippen molar-refractivity contribution in [1.29, 1.82) is 0 Å². The van der Waals surface area contributed by atoms with Crippen molar-refractivity contribution in [3.8, 4) is 5.75 Å². The largest absolute Gasteiger partial charge is 0.484 e. The number of rotatable bonds is 7. The molecule has 1 fully saturated rings. The minimum atomic E-state index is 0.0531. The molecule has 1 aliphatic rings. The Kier molecular flexibility index (Phi) is 6.05. The summed E-state index contributed by atoms with van der Waals surface area (Å²) in [6.07, 6.45) is 4.69. The Morgan fingerprint density at radius 1 is 1.48 bits per heavy atom. The summed E-state index contributed by atoms with van der Waals surface area (Å²) < 4.78 is 5.63. The molecule has 1 saturated heterocycles. The first kappa shape index (κ1) is 15.8. The smallest absolute Gasteiger partial charge is 0.260 e. The van der Waals surface area contributed by atoms with E-state index < -0.39 is 0 Å². The van der Waals surface area contributed by atoms with Gasteiger partial charge in [-0.1, -0.05) is 19.1 Å². The predicted octanol–water partition coefficient (Wildman–Crippen LogP) is 2.39. The quantitative estimate of drug-likeness (QED) is 0.839. The Morgan fingerprint density at radius 3 is 3.10 bits per heavy atom. The van der Waals surface area contributed by atoms with E-state index in [1.54, 1.807) is 0 Å². The van der Waals surface area contributed by atoms with Gasteiger partial charge >= 0.3 is 0 Å². The summed E-state index contributed by atoms with van der Waals surface area (Å²) in [7, 11) is 0. The molecule has 0 aliphatic carbocycles. The molecule has 1 atom stereocenters. The molecule has 4 heteroatoms. The number of hydrogen-bond acceptors (Lipinski definition) is 3. The van der Waals surface area contributed by atoms with Crippen molar-refractivity contribution in [2.45, 2.75) is 45.1 Å². The van der Waals surface area contributed by atoms with Crippen LogP contribution in [0.2, 0.25) is 0 Å². The van der Waals surface area contributed by atoms with Gasteiger partial charge in [0.05, 0.1) is 0 Å². The number of aliphatic hydroxyl groups is 1. The monoisotopic (exact) mass is 291 g/mol. The maximum atomic E-state index is 12.3. The molecule has 1 aliphatic heterocycles. The van der Waals surface area contributed by atoms with Crippen LogP contribution in [0.25, 0.3) is 0 Å². The van der Waals surface area contributed by atoms with Crippen molar-refractivity contribution in [2.75, 3.05) is 19.8 Å². The number of ether oxygens (including phenoxy) is 1. The Morgan fingerprint density at radius 2 is 2.33 bits per heavy atom. The summed E-state index contributed by atoms with van der Waals surface area (Å²) in [5.74, 6) is 0.811. The minimum absolute atomic E-state index is 0.0531. The molecule has 1 aromatic rings. The van der Waals surface area contributed by atoms with Gasteiger partial charge in [-0.15, -0.1) is 0 Å². The lowest BCUT2D eigenvalue weighted by Crippen LogP contribution is -2.38. The van der Waals surface area contributed by atoms with E-state index in [-0.39, 0.29) is 25.2 Å². The van der Waals surface area contributed by atoms with Gasteiger partial charge in [-0.05, 0) is 49.8 Å². The third-order valence-electron chi connectivity index (χ3n) is 4.06. The third kappa shape index (κ3) is 4.46. The molecule has 21 heavy (non-hydrogen) atoms. The number of carbonyl (C=O) groups excluding carboxylic acids is 1. The van der Waals surface area contributed by atoms with Gasteiger partial charge in [0.25, 0.3) is 5.91 Å². The number of nitrogens with zero attached hydrogens (tertiary/aromatic N) is 1. The van der Waals surface area contributed by atoms with Gasteiger partial charge in [-0.3, -0.25) is 4.79 Å². The first-order valence-corrected chi connectivity index (χ1v) is 7.86. The summed E-state index contributed by atoms with van der Waals surface area (Å²) in [4.78, 5) is 14.2. The summed E-state index contributed by atoms with van der Waals surface area (Å²) in [5, 5.41) is 8.92. The Labute approximate surface area is 126 Å². The average Bonchev–Trinajstić information content (AvgIpc) is 2.99. The van der Waals surface area contributed by atoms with Crippen LogP contribution in [0.5, 0.6) is 5.75 Å². The lowest BCUT2D eigenvalue weighted by Gasteiger charge is -2.24. The molecule has 1 aromatic carbocycles. The first-order valence-electron chi connectivity index (χ1n) is 7.86. The molecular weight excluding hydrogens is 266 g/mol. The molecule has 2 rings (SSSR count). The second kappa shape index (κ2) is 8.03. The molecular formula is C17H25NO3.